The number of benzene rings is 1. The van der Waals surface area contributed by atoms with Gasteiger partial charge in [0, 0.05) is 6.07 Å². The summed E-state index contributed by atoms with van der Waals surface area (Å²) in [6.07, 6.45) is 0.725. The van der Waals surface area contributed by atoms with Crippen molar-refractivity contribution >= 4 is 17.7 Å². The second-order valence-corrected chi connectivity index (χ2v) is 5.05. The van der Waals surface area contributed by atoms with Crippen LogP contribution in [-0.2, 0) is 9.53 Å². The molecule has 0 aromatic heterocycles. The van der Waals surface area contributed by atoms with E-state index in [0.717, 1.165) is 6.42 Å². The highest BCUT2D eigenvalue weighted by molar-refractivity contribution is 5.94. The third-order valence-corrected chi connectivity index (χ3v) is 3.61. The van der Waals surface area contributed by atoms with Crippen LogP contribution in [0.5, 0.6) is 11.5 Å². The third kappa shape index (κ3) is 5.05. The molecule has 0 bridgehead atoms. The minimum Gasteiger partial charge on any atom is -0.497 e. The zero-order valence-electron chi connectivity index (χ0n) is 14.1. The highest BCUT2D eigenvalue weighted by atomic mass is 16.5. The molecular weight excluding hydrogens is 300 g/mol. The summed E-state index contributed by atoms with van der Waals surface area (Å²) in [7, 11) is 4.32. The number of urea groups is 1. The van der Waals surface area contributed by atoms with E-state index in [2.05, 4.69) is 10.6 Å². The van der Waals surface area contributed by atoms with Crippen molar-refractivity contribution in [3.8, 4) is 11.5 Å². The Kier molecular flexibility index (Phi) is 7.18. The number of hydrogen-bond acceptors (Lipinski definition) is 5. The zero-order chi connectivity index (χ0) is 17.4. The minimum atomic E-state index is -0.721. The Morgan fingerprint density at radius 2 is 1.87 bits per heavy atom. The summed E-state index contributed by atoms with van der Waals surface area (Å²) in [5.74, 6) is 0.527. The van der Waals surface area contributed by atoms with E-state index < -0.39 is 18.0 Å². The fraction of sp³-hybridized carbons (Fsp3) is 0.500. The molecule has 2 atom stereocenters. The number of ether oxygens (including phenoxy) is 3. The van der Waals surface area contributed by atoms with Gasteiger partial charge in [-0.1, -0.05) is 20.3 Å². The van der Waals surface area contributed by atoms with E-state index in [1.807, 2.05) is 13.8 Å². The van der Waals surface area contributed by atoms with E-state index in [4.69, 9.17) is 14.2 Å². The van der Waals surface area contributed by atoms with Crippen LogP contribution in [0.15, 0.2) is 18.2 Å². The van der Waals surface area contributed by atoms with Gasteiger partial charge < -0.3 is 24.8 Å². The molecule has 128 valence electrons. The number of methoxy groups -OCH3 is 3. The van der Waals surface area contributed by atoms with Crippen LogP contribution in [0.2, 0.25) is 0 Å². The first kappa shape index (κ1) is 18.6. The molecule has 23 heavy (non-hydrogen) atoms. The predicted octanol–water partition coefficient (Wildman–Crippen LogP) is 2.41. The number of carbonyl (C=O) groups excluding carboxylic acids is 2. The first-order chi connectivity index (χ1) is 11.0. The van der Waals surface area contributed by atoms with Crippen LogP contribution in [0.4, 0.5) is 10.5 Å². The fourth-order valence-corrected chi connectivity index (χ4v) is 2.01. The Hall–Kier alpha value is -2.44. The van der Waals surface area contributed by atoms with Gasteiger partial charge in [0.15, 0.2) is 0 Å². The Bertz CT molecular complexity index is 547. The SMILES string of the molecule is CC[C@H](C)[C@H](NC(=O)Nc1cc(OC)ccc1OC)C(=O)OC. The Labute approximate surface area is 136 Å². The van der Waals surface area contributed by atoms with Crippen molar-refractivity contribution in [3.63, 3.8) is 0 Å². The fourth-order valence-electron chi connectivity index (χ4n) is 2.01. The van der Waals surface area contributed by atoms with Gasteiger partial charge in [-0.25, -0.2) is 9.59 Å². The lowest BCUT2D eigenvalue weighted by molar-refractivity contribution is -0.144. The van der Waals surface area contributed by atoms with E-state index in [1.54, 1.807) is 18.2 Å². The first-order valence-electron chi connectivity index (χ1n) is 7.34. The Morgan fingerprint density at radius 1 is 1.17 bits per heavy atom. The summed E-state index contributed by atoms with van der Waals surface area (Å²) < 4.78 is 15.1. The van der Waals surface area contributed by atoms with Crippen molar-refractivity contribution in [2.45, 2.75) is 26.3 Å². The quantitative estimate of drug-likeness (QED) is 0.752. The lowest BCUT2D eigenvalue weighted by atomic mass is 9.99. The normalized spacial score (nSPS) is 12.7. The molecule has 0 saturated carbocycles. The van der Waals surface area contributed by atoms with Crippen molar-refractivity contribution in [1.29, 1.82) is 0 Å². The van der Waals surface area contributed by atoms with Crippen LogP contribution in [0.3, 0.4) is 0 Å². The van der Waals surface area contributed by atoms with Gasteiger partial charge in [0.1, 0.15) is 17.5 Å². The molecule has 2 amide bonds. The number of esters is 1. The Morgan fingerprint density at radius 3 is 2.39 bits per heavy atom. The van der Waals surface area contributed by atoms with E-state index >= 15 is 0 Å². The number of hydrogen-bond donors (Lipinski definition) is 2. The molecule has 0 fully saturated rings. The molecule has 0 radical (unpaired) electrons. The second-order valence-electron chi connectivity index (χ2n) is 5.05. The maximum atomic E-state index is 12.2. The first-order valence-corrected chi connectivity index (χ1v) is 7.34. The van der Waals surface area contributed by atoms with Crippen molar-refractivity contribution in [2.75, 3.05) is 26.6 Å². The van der Waals surface area contributed by atoms with E-state index in [1.165, 1.54) is 21.3 Å². The molecule has 1 aromatic rings. The summed E-state index contributed by atoms with van der Waals surface area (Å²) in [5, 5.41) is 5.30. The maximum Gasteiger partial charge on any atom is 0.328 e. The predicted molar refractivity (Wildman–Crippen MR) is 87.0 cm³/mol. The van der Waals surface area contributed by atoms with Crippen molar-refractivity contribution in [2.24, 2.45) is 5.92 Å². The second kappa shape index (κ2) is 8.87. The lowest BCUT2D eigenvalue weighted by Crippen LogP contribution is -2.47. The van der Waals surface area contributed by atoms with Gasteiger partial charge >= 0.3 is 12.0 Å². The number of anilines is 1. The van der Waals surface area contributed by atoms with Gasteiger partial charge in [-0.05, 0) is 18.1 Å². The van der Waals surface area contributed by atoms with Gasteiger partial charge in [0.05, 0.1) is 27.0 Å². The summed E-state index contributed by atoms with van der Waals surface area (Å²) in [6.45, 7) is 3.80. The van der Waals surface area contributed by atoms with Crippen LogP contribution in [-0.4, -0.2) is 39.4 Å². The third-order valence-electron chi connectivity index (χ3n) is 3.61. The molecule has 7 heteroatoms. The summed E-state index contributed by atoms with van der Waals surface area (Å²) in [6, 6.07) is 3.79. The molecule has 1 rings (SSSR count). The van der Waals surface area contributed by atoms with Crippen molar-refractivity contribution < 1.29 is 23.8 Å². The van der Waals surface area contributed by atoms with E-state index in [-0.39, 0.29) is 5.92 Å². The highest BCUT2D eigenvalue weighted by Gasteiger charge is 2.26. The molecule has 0 saturated heterocycles. The van der Waals surface area contributed by atoms with Crippen LogP contribution in [0.1, 0.15) is 20.3 Å². The molecule has 0 aliphatic heterocycles. The molecular formula is C16H24N2O5. The number of carbonyl (C=O) groups is 2. The molecule has 7 nitrogen and oxygen atoms in total. The Balaban J connectivity index is 2.87. The largest absolute Gasteiger partial charge is 0.497 e. The van der Waals surface area contributed by atoms with Crippen LogP contribution in [0.25, 0.3) is 0 Å². The highest BCUT2D eigenvalue weighted by Crippen LogP contribution is 2.28. The van der Waals surface area contributed by atoms with Gasteiger partial charge in [-0.15, -0.1) is 0 Å². The number of rotatable bonds is 7. The van der Waals surface area contributed by atoms with Gasteiger partial charge in [-0.3, -0.25) is 0 Å². The summed E-state index contributed by atoms with van der Waals surface area (Å²) in [5.41, 5.74) is 0.442. The minimum absolute atomic E-state index is 0.0552. The smallest absolute Gasteiger partial charge is 0.328 e. The molecule has 0 aliphatic rings. The van der Waals surface area contributed by atoms with E-state index in [9.17, 15) is 9.59 Å². The zero-order valence-corrected chi connectivity index (χ0v) is 14.1. The van der Waals surface area contributed by atoms with Crippen LogP contribution >= 0.6 is 0 Å². The molecule has 1 aromatic carbocycles. The van der Waals surface area contributed by atoms with E-state index in [0.29, 0.717) is 17.2 Å². The molecule has 0 aliphatic carbocycles. The van der Waals surface area contributed by atoms with Gasteiger partial charge in [0.2, 0.25) is 0 Å². The monoisotopic (exact) mass is 324 g/mol. The van der Waals surface area contributed by atoms with Crippen molar-refractivity contribution in [3.05, 3.63) is 18.2 Å². The van der Waals surface area contributed by atoms with Crippen molar-refractivity contribution in [1.82, 2.24) is 5.32 Å². The summed E-state index contributed by atoms with van der Waals surface area (Å²) >= 11 is 0. The molecule has 0 heterocycles. The topological polar surface area (TPSA) is 85.9 Å². The summed E-state index contributed by atoms with van der Waals surface area (Å²) in [4.78, 5) is 24.0. The standard InChI is InChI=1S/C16H24N2O5/c1-6-10(2)14(15(19)23-5)18-16(20)17-12-9-11(21-3)7-8-13(12)22-4/h7-10,14H,6H2,1-5H3,(H2,17,18,20)/t10-,14-/m0/s1. The number of amides is 2. The molecule has 2 N–H and O–H groups in total. The number of nitrogens with one attached hydrogen (secondary N) is 2. The lowest BCUT2D eigenvalue weighted by Gasteiger charge is -2.22. The molecule has 0 spiro atoms. The average molecular weight is 324 g/mol. The average Bonchev–Trinajstić information content (AvgIpc) is 2.58. The van der Waals surface area contributed by atoms with Gasteiger partial charge in [0.25, 0.3) is 0 Å². The van der Waals surface area contributed by atoms with Gasteiger partial charge in [-0.2, -0.15) is 0 Å². The van der Waals surface area contributed by atoms with Crippen LogP contribution in [0, 0.1) is 5.92 Å². The molecule has 0 unspecified atom stereocenters. The maximum absolute atomic E-state index is 12.2. The van der Waals surface area contributed by atoms with Crippen LogP contribution < -0.4 is 20.1 Å².